The Balaban J connectivity index is 1.68. The van der Waals surface area contributed by atoms with Crippen molar-refractivity contribution in [3.63, 3.8) is 0 Å². The zero-order valence-electron chi connectivity index (χ0n) is 16.2. The van der Waals surface area contributed by atoms with Crippen LogP contribution in [0.3, 0.4) is 0 Å². The van der Waals surface area contributed by atoms with E-state index in [2.05, 4.69) is 0 Å². The summed E-state index contributed by atoms with van der Waals surface area (Å²) in [5.74, 6) is -0.356. The van der Waals surface area contributed by atoms with Crippen LogP contribution < -0.4 is 4.74 Å². The van der Waals surface area contributed by atoms with Gasteiger partial charge in [0.05, 0.1) is 11.7 Å². The first-order valence-electron chi connectivity index (χ1n) is 8.99. The van der Waals surface area contributed by atoms with Crippen LogP contribution >= 0.6 is 0 Å². The molecular formula is C19H26N2O5S. The van der Waals surface area contributed by atoms with Crippen molar-refractivity contribution in [1.29, 1.82) is 0 Å². The fourth-order valence-electron chi connectivity index (χ4n) is 4.06. The van der Waals surface area contributed by atoms with Gasteiger partial charge in [0, 0.05) is 27.2 Å². The monoisotopic (exact) mass is 394 g/mol. The fourth-order valence-corrected chi connectivity index (χ4v) is 6.37. The van der Waals surface area contributed by atoms with E-state index in [0.29, 0.717) is 12.2 Å². The summed E-state index contributed by atoms with van der Waals surface area (Å²) >= 11 is 0. The van der Waals surface area contributed by atoms with E-state index in [1.165, 1.54) is 9.80 Å². The fraction of sp³-hybridized carbons (Fsp3) is 0.579. The highest BCUT2D eigenvalue weighted by Crippen LogP contribution is 2.45. The van der Waals surface area contributed by atoms with Crippen LogP contribution in [0.1, 0.15) is 17.5 Å². The number of aryl methyl sites for hydroxylation is 2. The number of hydrogen-bond acceptors (Lipinski definition) is 5. The minimum atomic E-state index is -3.41. The van der Waals surface area contributed by atoms with Crippen LogP contribution in [0.2, 0.25) is 0 Å². The minimum absolute atomic E-state index is 0.00180. The number of hydrogen-bond donors (Lipinski definition) is 0. The molecule has 7 nitrogen and oxygen atoms in total. The van der Waals surface area contributed by atoms with Crippen molar-refractivity contribution in [2.24, 2.45) is 5.92 Å². The van der Waals surface area contributed by atoms with Crippen LogP contribution in [0, 0.1) is 19.8 Å². The molecule has 0 aliphatic carbocycles. The number of amides is 2. The number of para-hydroxylation sites is 1. The molecule has 1 unspecified atom stereocenters. The molecule has 0 bridgehead atoms. The van der Waals surface area contributed by atoms with Crippen molar-refractivity contribution in [2.75, 3.05) is 39.5 Å². The first kappa shape index (κ1) is 19.7. The SMILES string of the molecule is Cc1cccc(C)c1OCC(=O)N1CC2(C1)C(C(=O)N(C)C)CCS2(=O)=O. The molecule has 2 aliphatic heterocycles. The van der Waals surface area contributed by atoms with Gasteiger partial charge in [-0.25, -0.2) is 8.42 Å². The van der Waals surface area contributed by atoms with Gasteiger partial charge in [-0.2, -0.15) is 0 Å². The van der Waals surface area contributed by atoms with Gasteiger partial charge in [0.15, 0.2) is 16.4 Å². The molecule has 0 aromatic heterocycles. The van der Waals surface area contributed by atoms with Crippen molar-refractivity contribution >= 4 is 21.7 Å². The van der Waals surface area contributed by atoms with Crippen LogP contribution in [-0.2, 0) is 19.4 Å². The molecule has 1 aromatic rings. The summed E-state index contributed by atoms with van der Waals surface area (Å²) in [7, 11) is -0.155. The molecule has 1 atom stereocenters. The third-order valence-corrected chi connectivity index (χ3v) is 8.24. The second-order valence-corrected chi connectivity index (χ2v) is 10.2. The van der Waals surface area contributed by atoms with E-state index in [9.17, 15) is 18.0 Å². The van der Waals surface area contributed by atoms with E-state index in [1.807, 2.05) is 32.0 Å². The highest BCUT2D eigenvalue weighted by atomic mass is 32.2. The maximum Gasteiger partial charge on any atom is 0.260 e. The Morgan fingerprint density at radius 3 is 2.37 bits per heavy atom. The first-order valence-corrected chi connectivity index (χ1v) is 10.6. The Bertz CT molecular complexity index is 852. The van der Waals surface area contributed by atoms with Crippen LogP contribution in [-0.4, -0.2) is 74.3 Å². The Kier molecular flexibility index (Phi) is 4.96. The van der Waals surface area contributed by atoms with E-state index in [4.69, 9.17) is 4.74 Å². The molecule has 1 spiro atoms. The van der Waals surface area contributed by atoms with E-state index in [-0.39, 0.29) is 37.3 Å². The summed E-state index contributed by atoms with van der Waals surface area (Å²) in [6.45, 7) is 3.80. The molecule has 27 heavy (non-hydrogen) atoms. The van der Waals surface area contributed by atoms with Crippen molar-refractivity contribution in [1.82, 2.24) is 9.80 Å². The Hall–Kier alpha value is -2.09. The number of nitrogens with zero attached hydrogens (tertiary/aromatic N) is 2. The van der Waals surface area contributed by atoms with Gasteiger partial charge in [-0.05, 0) is 31.4 Å². The average Bonchev–Trinajstić information content (AvgIpc) is 2.83. The lowest BCUT2D eigenvalue weighted by Gasteiger charge is -2.49. The second-order valence-electron chi connectivity index (χ2n) is 7.72. The summed E-state index contributed by atoms with van der Waals surface area (Å²) in [5, 5.41) is 0. The molecule has 2 fully saturated rings. The number of carbonyl (C=O) groups is 2. The summed E-state index contributed by atoms with van der Waals surface area (Å²) in [6, 6.07) is 5.74. The summed E-state index contributed by atoms with van der Waals surface area (Å²) in [5.41, 5.74) is 1.88. The van der Waals surface area contributed by atoms with Crippen molar-refractivity contribution in [2.45, 2.75) is 25.0 Å². The van der Waals surface area contributed by atoms with Gasteiger partial charge in [0.25, 0.3) is 5.91 Å². The highest BCUT2D eigenvalue weighted by molar-refractivity contribution is 7.93. The molecule has 8 heteroatoms. The molecule has 2 aliphatic rings. The summed E-state index contributed by atoms with van der Waals surface area (Å²) in [4.78, 5) is 27.8. The smallest absolute Gasteiger partial charge is 0.260 e. The lowest BCUT2D eigenvalue weighted by atomic mass is 9.82. The van der Waals surface area contributed by atoms with Gasteiger partial charge in [-0.1, -0.05) is 18.2 Å². The molecule has 2 saturated heterocycles. The third-order valence-electron chi connectivity index (χ3n) is 5.69. The van der Waals surface area contributed by atoms with Gasteiger partial charge in [0.2, 0.25) is 5.91 Å². The van der Waals surface area contributed by atoms with Gasteiger partial charge in [0.1, 0.15) is 10.5 Å². The van der Waals surface area contributed by atoms with Crippen molar-refractivity contribution in [3.8, 4) is 5.75 Å². The maximum absolute atomic E-state index is 12.6. The quantitative estimate of drug-likeness (QED) is 0.754. The number of rotatable bonds is 4. The summed E-state index contributed by atoms with van der Waals surface area (Å²) < 4.78 is 29.7. The zero-order chi connectivity index (χ0) is 20.0. The molecule has 0 radical (unpaired) electrons. The van der Waals surface area contributed by atoms with Gasteiger partial charge in [-0.15, -0.1) is 0 Å². The van der Waals surface area contributed by atoms with Gasteiger partial charge >= 0.3 is 0 Å². The molecule has 3 rings (SSSR count). The summed E-state index contributed by atoms with van der Waals surface area (Å²) in [6.07, 6.45) is 0.320. The average molecular weight is 394 g/mol. The van der Waals surface area contributed by atoms with Gasteiger partial charge in [-0.3, -0.25) is 9.59 Å². The number of benzene rings is 1. The normalized spacial score (nSPS) is 22.4. The lowest BCUT2D eigenvalue weighted by Crippen LogP contribution is -2.70. The topological polar surface area (TPSA) is 84.0 Å². The predicted molar refractivity (Wildman–Crippen MR) is 101 cm³/mol. The van der Waals surface area contributed by atoms with Gasteiger partial charge < -0.3 is 14.5 Å². The first-order chi connectivity index (χ1) is 12.6. The largest absolute Gasteiger partial charge is 0.483 e. The lowest BCUT2D eigenvalue weighted by molar-refractivity contribution is -0.144. The molecule has 2 heterocycles. The predicted octanol–water partition coefficient (Wildman–Crippen LogP) is 0.786. The maximum atomic E-state index is 12.6. The van der Waals surface area contributed by atoms with Crippen molar-refractivity contribution < 1.29 is 22.7 Å². The third kappa shape index (κ3) is 3.20. The number of carbonyl (C=O) groups excluding carboxylic acids is 2. The highest BCUT2D eigenvalue weighted by Gasteiger charge is 2.64. The van der Waals surface area contributed by atoms with Crippen LogP contribution in [0.5, 0.6) is 5.75 Å². The molecular weight excluding hydrogens is 368 g/mol. The van der Waals surface area contributed by atoms with E-state index < -0.39 is 20.5 Å². The molecule has 0 N–H and O–H groups in total. The van der Waals surface area contributed by atoms with Crippen LogP contribution in [0.4, 0.5) is 0 Å². The number of ether oxygens (including phenoxy) is 1. The van der Waals surface area contributed by atoms with E-state index in [0.717, 1.165) is 11.1 Å². The van der Waals surface area contributed by atoms with Crippen LogP contribution in [0.25, 0.3) is 0 Å². The Labute approximate surface area is 160 Å². The van der Waals surface area contributed by atoms with E-state index in [1.54, 1.807) is 14.1 Å². The molecule has 148 valence electrons. The Morgan fingerprint density at radius 2 is 1.81 bits per heavy atom. The van der Waals surface area contributed by atoms with Crippen molar-refractivity contribution in [3.05, 3.63) is 29.3 Å². The molecule has 1 aromatic carbocycles. The second kappa shape index (κ2) is 6.82. The van der Waals surface area contributed by atoms with Crippen LogP contribution in [0.15, 0.2) is 18.2 Å². The van der Waals surface area contributed by atoms with E-state index >= 15 is 0 Å². The Morgan fingerprint density at radius 1 is 1.22 bits per heavy atom. The zero-order valence-corrected chi connectivity index (χ0v) is 17.0. The minimum Gasteiger partial charge on any atom is -0.483 e. The standard InChI is InChI=1S/C19H26N2O5S/c1-13-6-5-7-14(2)17(13)26-10-16(22)21-11-19(12-21)15(18(23)20(3)4)8-9-27(19,24)25/h5-7,15H,8-12H2,1-4H3. The number of likely N-dealkylation sites (tertiary alicyclic amines) is 1. The molecule has 2 amide bonds. The number of sulfone groups is 1. The molecule has 0 saturated carbocycles.